The molecule has 2 rings (SSSR count). The van der Waals surface area contributed by atoms with Crippen molar-refractivity contribution in [2.24, 2.45) is 11.1 Å². The molecule has 0 bridgehead atoms. The van der Waals surface area contributed by atoms with Gasteiger partial charge in [0.05, 0.1) is 6.07 Å². The molecular weight excluding hydrogens is 262 g/mol. The molecule has 2 unspecified atom stereocenters. The van der Waals surface area contributed by atoms with E-state index in [0.717, 1.165) is 37.2 Å². The fourth-order valence-corrected chi connectivity index (χ4v) is 4.04. The van der Waals surface area contributed by atoms with Crippen LogP contribution in [0, 0.1) is 17.2 Å². The van der Waals surface area contributed by atoms with Crippen LogP contribution in [0.5, 0.6) is 0 Å². The fraction of sp³-hybridized carbons (Fsp3) is 0.615. The van der Waals surface area contributed by atoms with Crippen LogP contribution in [0.15, 0.2) is 23.4 Å². The van der Waals surface area contributed by atoms with E-state index < -0.39 is 20.7 Å². The average molecular weight is 281 g/mol. The third-order valence-electron chi connectivity index (χ3n) is 4.02. The second-order valence-electron chi connectivity index (χ2n) is 5.32. The van der Waals surface area contributed by atoms with Crippen molar-refractivity contribution in [3.05, 3.63) is 23.4 Å². The minimum absolute atomic E-state index is 0.450. The van der Waals surface area contributed by atoms with Gasteiger partial charge in [-0.25, -0.2) is 13.6 Å². The van der Waals surface area contributed by atoms with Crippen molar-refractivity contribution in [2.75, 3.05) is 13.1 Å². The van der Waals surface area contributed by atoms with E-state index in [4.69, 9.17) is 5.14 Å². The molecule has 2 atom stereocenters. The lowest BCUT2D eigenvalue weighted by Crippen LogP contribution is -2.49. The van der Waals surface area contributed by atoms with Crippen LogP contribution in [0.4, 0.5) is 0 Å². The molecule has 5 nitrogen and oxygen atoms in total. The first-order valence-electron chi connectivity index (χ1n) is 6.41. The van der Waals surface area contributed by atoms with E-state index in [0.29, 0.717) is 0 Å². The first-order chi connectivity index (χ1) is 8.82. The van der Waals surface area contributed by atoms with Crippen LogP contribution < -0.4 is 5.14 Å². The number of likely N-dealkylation sites (tertiary alicyclic amines) is 1. The van der Waals surface area contributed by atoms with Crippen LogP contribution in [-0.2, 0) is 10.0 Å². The summed E-state index contributed by atoms with van der Waals surface area (Å²) in [5.74, 6) is -0.450. The zero-order valence-corrected chi connectivity index (χ0v) is 12.1. The van der Waals surface area contributed by atoms with Gasteiger partial charge in [-0.15, -0.1) is 0 Å². The molecule has 19 heavy (non-hydrogen) atoms. The standard InChI is InChI=1S/C13H19N3O2S/c1-10-7-12(16-5-3-4-6-16)11(2)13(8-10,9-14)19(15,17)18/h7-8,11H,3-6H2,1-2H3,(H2,15,17,18). The summed E-state index contributed by atoms with van der Waals surface area (Å²) in [5.41, 5.74) is 1.68. The summed E-state index contributed by atoms with van der Waals surface area (Å²) >= 11 is 0. The van der Waals surface area contributed by atoms with Gasteiger partial charge >= 0.3 is 0 Å². The maximum atomic E-state index is 11.9. The Hall–Kier alpha value is -1.32. The lowest BCUT2D eigenvalue weighted by atomic mass is 9.84. The van der Waals surface area contributed by atoms with Gasteiger partial charge in [-0.05, 0) is 31.9 Å². The van der Waals surface area contributed by atoms with Gasteiger partial charge in [0.25, 0.3) is 0 Å². The van der Waals surface area contributed by atoms with Crippen LogP contribution in [-0.4, -0.2) is 31.2 Å². The minimum Gasteiger partial charge on any atom is -0.375 e. The van der Waals surface area contributed by atoms with Crippen molar-refractivity contribution in [2.45, 2.75) is 31.4 Å². The van der Waals surface area contributed by atoms with Crippen molar-refractivity contribution in [1.29, 1.82) is 5.26 Å². The van der Waals surface area contributed by atoms with Crippen molar-refractivity contribution in [3.8, 4) is 6.07 Å². The lowest BCUT2D eigenvalue weighted by molar-refractivity contribution is 0.353. The maximum Gasteiger partial charge on any atom is 0.232 e. The van der Waals surface area contributed by atoms with E-state index in [1.54, 1.807) is 13.8 Å². The monoisotopic (exact) mass is 281 g/mol. The molecule has 0 spiro atoms. The number of hydrogen-bond acceptors (Lipinski definition) is 4. The predicted molar refractivity (Wildman–Crippen MR) is 73.3 cm³/mol. The van der Waals surface area contributed by atoms with Crippen LogP contribution in [0.3, 0.4) is 0 Å². The third-order valence-corrected chi connectivity index (χ3v) is 5.53. The summed E-state index contributed by atoms with van der Waals surface area (Å²) < 4.78 is 22.2. The van der Waals surface area contributed by atoms with E-state index >= 15 is 0 Å². The third kappa shape index (κ3) is 2.17. The van der Waals surface area contributed by atoms with Crippen LogP contribution in [0.25, 0.3) is 0 Å². The Labute approximate surface area is 114 Å². The Morgan fingerprint density at radius 1 is 1.47 bits per heavy atom. The van der Waals surface area contributed by atoms with Gasteiger partial charge in [-0.2, -0.15) is 5.26 Å². The quantitative estimate of drug-likeness (QED) is 0.821. The van der Waals surface area contributed by atoms with Crippen molar-refractivity contribution in [1.82, 2.24) is 4.90 Å². The van der Waals surface area contributed by atoms with Gasteiger partial charge in [-0.3, -0.25) is 0 Å². The number of nitriles is 1. The second-order valence-corrected chi connectivity index (χ2v) is 7.09. The molecule has 2 N–H and O–H groups in total. The Balaban J connectivity index is 2.52. The molecule has 1 fully saturated rings. The smallest absolute Gasteiger partial charge is 0.232 e. The Bertz CT molecular complexity index is 579. The number of rotatable bonds is 2. The van der Waals surface area contributed by atoms with Gasteiger partial charge in [0.2, 0.25) is 10.0 Å². The number of primary sulfonamides is 1. The van der Waals surface area contributed by atoms with Crippen LogP contribution >= 0.6 is 0 Å². The first kappa shape index (κ1) is 14.1. The molecule has 0 aromatic carbocycles. The summed E-state index contributed by atoms with van der Waals surface area (Å²) in [7, 11) is -3.99. The van der Waals surface area contributed by atoms with Crippen molar-refractivity contribution < 1.29 is 8.42 Å². The Kier molecular flexibility index (Phi) is 3.45. The number of hydrogen-bond donors (Lipinski definition) is 1. The van der Waals surface area contributed by atoms with Crippen molar-refractivity contribution in [3.63, 3.8) is 0 Å². The SMILES string of the molecule is CC1=CC(C#N)(S(N)(=O)=O)C(C)C(N2CCCC2)=C1. The molecule has 0 saturated carbocycles. The number of sulfonamides is 1. The van der Waals surface area contributed by atoms with Gasteiger partial charge in [0, 0.05) is 24.7 Å². The fourth-order valence-electron chi connectivity index (χ4n) is 2.94. The highest BCUT2D eigenvalue weighted by atomic mass is 32.2. The van der Waals surface area contributed by atoms with Crippen LogP contribution in [0.1, 0.15) is 26.7 Å². The highest BCUT2D eigenvalue weighted by Crippen LogP contribution is 2.39. The molecular formula is C13H19N3O2S. The molecule has 0 radical (unpaired) electrons. The number of nitrogens with two attached hydrogens (primary N) is 1. The van der Waals surface area contributed by atoms with E-state index in [2.05, 4.69) is 4.90 Å². The van der Waals surface area contributed by atoms with E-state index in [1.165, 1.54) is 6.08 Å². The highest BCUT2D eigenvalue weighted by Gasteiger charge is 2.49. The number of nitrogens with zero attached hydrogens (tertiary/aromatic N) is 2. The Morgan fingerprint density at radius 3 is 2.53 bits per heavy atom. The average Bonchev–Trinajstić information content (AvgIpc) is 2.83. The summed E-state index contributed by atoms with van der Waals surface area (Å²) in [6.07, 6.45) is 5.65. The van der Waals surface area contributed by atoms with Crippen molar-refractivity contribution >= 4 is 10.0 Å². The van der Waals surface area contributed by atoms with Gasteiger partial charge in [0.1, 0.15) is 0 Å². The normalized spacial score (nSPS) is 31.7. The summed E-state index contributed by atoms with van der Waals surface area (Å²) in [5, 5.41) is 14.8. The molecule has 1 aliphatic heterocycles. The summed E-state index contributed by atoms with van der Waals surface area (Å²) in [4.78, 5) is 2.17. The van der Waals surface area contributed by atoms with Crippen LogP contribution in [0.2, 0.25) is 0 Å². The van der Waals surface area contributed by atoms with E-state index in [9.17, 15) is 13.7 Å². The van der Waals surface area contributed by atoms with E-state index in [-0.39, 0.29) is 0 Å². The second kappa shape index (κ2) is 4.66. The largest absolute Gasteiger partial charge is 0.375 e. The molecule has 0 aromatic rings. The molecule has 0 amide bonds. The predicted octanol–water partition coefficient (Wildman–Crippen LogP) is 1.11. The topological polar surface area (TPSA) is 87.2 Å². The van der Waals surface area contributed by atoms with E-state index in [1.807, 2.05) is 12.1 Å². The molecule has 6 heteroatoms. The van der Waals surface area contributed by atoms with Gasteiger partial charge in [-0.1, -0.05) is 12.5 Å². The Morgan fingerprint density at radius 2 is 2.05 bits per heavy atom. The molecule has 2 aliphatic rings. The lowest BCUT2D eigenvalue weighted by Gasteiger charge is -2.37. The first-order valence-corrected chi connectivity index (χ1v) is 7.96. The maximum absolute atomic E-state index is 11.9. The highest BCUT2D eigenvalue weighted by molar-refractivity contribution is 7.91. The molecule has 1 saturated heterocycles. The molecule has 104 valence electrons. The summed E-state index contributed by atoms with van der Waals surface area (Å²) in [6.45, 7) is 5.39. The molecule has 1 aliphatic carbocycles. The number of allylic oxidation sites excluding steroid dienone is 3. The minimum atomic E-state index is -3.99. The molecule has 1 heterocycles. The zero-order valence-electron chi connectivity index (χ0n) is 11.3. The van der Waals surface area contributed by atoms with Gasteiger partial charge in [0.15, 0.2) is 4.75 Å². The summed E-state index contributed by atoms with van der Waals surface area (Å²) in [6, 6.07) is 1.93. The zero-order chi connectivity index (χ0) is 14.3. The van der Waals surface area contributed by atoms with Gasteiger partial charge < -0.3 is 4.90 Å². The molecule has 0 aromatic heterocycles.